The lowest BCUT2D eigenvalue weighted by molar-refractivity contribution is -0.131. The highest BCUT2D eigenvalue weighted by molar-refractivity contribution is 5.89. The second-order valence-corrected chi connectivity index (χ2v) is 5.79. The lowest BCUT2D eigenvalue weighted by atomic mass is 9.97. The molecule has 2 rings (SSSR count). The first-order valence-corrected chi connectivity index (χ1v) is 6.13. The molecule has 3 nitrogen and oxygen atoms in total. The van der Waals surface area contributed by atoms with Crippen LogP contribution in [0.1, 0.15) is 27.7 Å². The van der Waals surface area contributed by atoms with Gasteiger partial charge in [0.25, 0.3) is 0 Å². The van der Waals surface area contributed by atoms with Crippen molar-refractivity contribution in [1.82, 2.24) is 4.57 Å². The van der Waals surface area contributed by atoms with Crippen LogP contribution in [0.3, 0.4) is 0 Å². The second kappa shape index (κ2) is 4.48. The van der Waals surface area contributed by atoms with E-state index in [0.29, 0.717) is 5.75 Å². The van der Waals surface area contributed by atoms with Crippen molar-refractivity contribution in [2.24, 2.45) is 5.41 Å². The Morgan fingerprint density at radius 3 is 2.56 bits per heavy atom. The molecule has 0 saturated heterocycles. The van der Waals surface area contributed by atoms with Crippen LogP contribution in [0.25, 0.3) is 10.9 Å². The van der Waals surface area contributed by atoms with Crippen LogP contribution >= 0.6 is 0 Å². The molecule has 0 amide bonds. The van der Waals surface area contributed by atoms with Gasteiger partial charge in [0.15, 0.2) is 5.75 Å². The molecule has 0 spiro atoms. The Morgan fingerprint density at radius 2 is 1.94 bits per heavy atom. The van der Waals surface area contributed by atoms with Crippen LogP contribution < -0.4 is 4.74 Å². The lowest BCUT2D eigenvalue weighted by Gasteiger charge is -2.19. The summed E-state index contributed by atoms with van der Waals surface area (Å²) in [5.74, 6) is 0.357. The highest BCUT2D eigenvalue weighted by Gasteiger charge is 2.16. The predicted octanol–water partition coefficient (Wildman–Crippen LogP) is 3.61. The van der Waals surface area contributed by atoms with E-state index >= 15 is 0 Å². The number of hydrogen-bond donors (Lipinski definition) is 0. The van der Waals surface area contributed by atoms with Crippen LogP contribution in [0.15, 0.2) is 30.5 Å². The van der Waals surface area contributed by atoms with E-state index in [1.165, 1.54) is 6.92 Å². The number of esters is 1. The molecule has 18 heavy (non-hydrogen) atoms. The maximum Gasteiger partial charge on any atom is 0.308 e. The van der Waals surface area contributed by atoms with Crippen molar-refractivity contribution < 1.29 is 9.53 Å². The van der Waals surface area contributed by atoms with Crippen LogP contribution in [-0.4, -0.2) is 10.5 Å². The van der Waals surface area contributed by atoms with Crippen LogP contribution in [0, 0.1) is 5.41 Å². The number of hydrogen-bond acceptors (Lipinski definition) is 2. The van der Waals surface area contributed by atoms with Crippen molar-refractivity contribution in [2.45, 2.75) is 34.2 Å². The van der Waals surface area contributed by atoms with E-state index in [-0.39, 0.29) is 11.4 Å². The average Bonchev–Trinajstić information content (AvgIpc) is 2.54. The summed E-state index contributed by atoms with van der Waals surface area (Å²) >= 11 is 0. The summed E-state index contributed by atoms with van der Waals surface area (Å²) in [5.41, 5.74) is 1.28. The van der Waals surface area contributed by atoms with Crippen molar-refractivity contribution in [2.75, 3.05) is 0 Å². The Hall–Kier alpha value is -1.77. The van der Waals surface area contributed by atoms with Crippen molar-refractivity contribution in [3.05, 3.63) is 30.5 Å². The van der Waals surface area contributed by atoms with E-state index in [1.807, 2.05) is 30.5 Å². The third kappa shape index (κ3) is 2.73. The normalized spacial score (nSPS) is 11.8. The molecule has 0 bridgehead atoms. The van der Waals surface area contributed by atoms with Gasteiger partial charge in [-0.2, -0.15) is 0 Å². The number of rotatable bonds is 2. The number of para-hydroxylation sites is 1. The zero-order valence-corrected chi connectivity index (χ0v) is 11.4. The third-order valence-electron chi connectivity index (χ3n) is 2.65. The van der Waals surface area contributed by atoms with Crippen LogP contribution in [0.5, 0.6) is 5.75 Å². The third-order valence-corrected chi connectivity index (χ3v) is 2.65. The molecule has 3 heteroatoms. The van der Waals surface area contributed by atoms with Gasteiger partial charge in [0.1, 0.15) is 0 Å². The molecule has 0 aliphatic heterocycles. The van der Waals surface area contributed by atoms with E-state index in [0.717, 1.165) is 17.4 Å². The molecule has 96 valence electrons. The zero-order valence-electron chi connectivity index (χ0n) is 11.4. The highest BCUT2D eigenvalue weighted by atomic mass is 16.5. The van der Waals surface area contributed by atoms with E-state index < -0.39 is 0 Å². The first kappa shape index (κ1) is 12.7. The summed E-state index contributed by atoms with van der Waals surface area (Å²) < 4.78 is 7.41. The Kier molecular flexibility index (Phi) is 3.16. The summed E-state index contributed by atoms with van der Waals surface area (Å²) in [6, 6.07) is 7.98. The van der Waals surface area contributed by atoms with E-state index in [1.54, 1.807) is 0 Å². The molecule has 0 aliphatic carbocycles. The number of aromatic nitrogens is 1. The smallest absolute Gasteiger partial charge is 0.308 e. The Bertz CT molecular complexity index is 576. The minimum atomic E-state index is -0.284. The SMILES string of the molecule is CC(=O)Oc1cn(CC(C)(C)C)c2ccccc12. The molecule has 0 fully saturated rings. The summed E-state index contributed by atoms with van der Waals surface area (Å²) in [4.78, 5) is 11.1. The standard InChI is InChI=1S/C15H19NO2/c1-11(17)18-14-9-16(10-15(2,3)4)13-8-6-5-7-12(13)14/h5-9H,10H2,1-4H3. The fraction of sp³-hybridized carbons (Fsp3) is 0.400. The molecule has 0 saturated carbocycles. The number of benzene rings is 1. The average molecular weight is 245 g/mol. The van der Waals surface area contributed by atoms with E-state index in [4.69, 9.17) is 4.74 Å². The van der Waals surface area contributed by atoms with Gasteiger partial charge < -0.3 is 9.30 Å². The Labute approximate surface area is 107 Å². The molecule has 1 aromatic heterocycles. The first-order valence-electron chi connectivity index (χ1n) is 6.13. The van der Waals surface area contributed by atoms with Crippen LogP contribution in [0.2, 0.25) is 0 Å². The fourth-order valence-corrected chi connectivity index (χ4v) is 2.09. The first-order chi connectivity index (χ1) is 8.37. The van der Waals surface area contributed by atoms with E-state index in [9.17, 15) is 4.79 Å². The van der Waals surface area contributed by atoms with Gasteiger partial charge in [-0.1, -0.05) is 32.9 Å². The summed E-state index contributed by atoms with van der Waals surface area (Å²) in [6.45, 7) is 8.87. The summed E-state index contributed by atoms with van der Waals surface area (Å²) in [7, 11) is 0. The Morgan fingerprint density at radius 1 is 1.28 bits per heavy atom. The molecular formula is C15H19NO2. The largest absolute Gasteiger partial charge is 0.424 e. The van der Waals surface area contributed by atoms with E-state index in [2.05, 4.69) is 25.3 Å². The number of fused-ring (bicyclic) bond motifs is 1. The van der Waals surface area contributed by atoms with Crippen molar-refractivity contribution in [3.63, 3.8) is 0 Å². The topological polar surface area (TPSA) is 31.2 Å². The van der Waals surface area contributed by atoms with Gasteiger partial charge in [0, 0.05) is 25.1 Å². The molecule has 0 atom stereocenters. The maximum atomic E-state index is 11.1. The fourth-order valence-electron chi connectivity index (χ4n) is 2.09. The molecular weight excluding hydrogens is 226 g/mol. The molecule has 1 aromatic carbocycles. The van der Waals surface area contributed by atoms with Gasteiger partial charge in [-0.05, 0) is 17.5 Å². The molecule has 1 heterocycles. The number of carbonyl (C=O) groups excluding carboxylic acids is 1. The van der Waals surface area contributed by atoms with Crippen molar-refractivity contribution in [1.29, 1.82) is 0 Å². The number of ether oxygens (including phenoxy) is 1. The van der Waals surface area contributed by atoms with Crippen molar-refractivity contribution >= 4 is 16.9 Å². The highest BCUT2D eigenvalue weighted by Crippen LogP contribution is 2.30. The molecule has 2 aromatic rings. The van der Waals surface area contributed by atoms with Gasteiger partial charge >= 0.3 is 5.97 Å². The maximum absolute atomic E-state index is 11.1. The second-order valence-electron chi connectivity index (χ2n) is 5.79. The molecule has 0 N–H and O–H groups in total. The summed E-state index contributed by atoms with van der Waals surface area (Å²) in [5, 5.41) is 0.983. The monoisotopic (exact) mass is 245 g/mol. The summed E-state index contributed by atoms with van der Waals surface area (Å²) in [6.07, 6.45) is 1.91. The van der Waals surface area contributed by atoms with Gasteiger partial charge in [-0.25, -0.2) is 0 Å². The van der Waals surface area contributed by atoms with Gasteiger partial charge in [0.05, 0.1) is 5.52 Å². The van der Waals surface area contributed by atoms with Crippen molar-refractivity contribution in [3.8, 4) is 5.75 Å². The van der Waals surface area contributed by atoms with Crippen LogP contribution in [0.4, 0.5) is 0 Å². The van der Waals surface area contributed by atoms with Gasteiger partial charge in [-0.3, -0.25) is 4.79 Å². The quantitative estimate of drug-likeness (QED) is 0.757. The lowest BCUT2D eigenvalue weighted by Crippen LogP contribution is -2.14. The molecule has 0 radical (unpaired) electrons. The van der Waals surface area contributed by atoms with Gasteiger partial charge in [-0.15, -0.1) is 0 Å². The molecule has 0 aliphatic rings. The van der Waals surface area contributed by atoms with Crippen LogP contribution in [-0.2, 0) is 11.3 Å². The number of carbonyl (C=O) groups is 1. The number of nitrogens with zero attached hydrogens (tertiary/aromatic N) is 1. The van der Waals surface area contributed by atoms with Gasteiger partial charge in [0.2, 0.25) is 0 Å². The predicted molar refractivity (Wildman–Crippen MR) is 72.7 cm³/mol. The molecule has 0 unspecified atom stereocenters. The zero-order chi connectivity index (χ0) is 13.3. The minimum absolute atomic E-state index is 0.176. The minimum Gasteiger partial charge on any atom is -0.424 e. The Balaban J connectivity index is 2.50.